The van der Waals surface area contributed by atoms with Crippen molar-refractivity contribution in [2.45, 2.75) is 30.8 Å². The second-order valence-electron chi connectivity index (χ2n) is 7.00. The zero-order valence-corrected chi connectivity index (χ0v) is 17.1. The summed E-state index contributed by atoms with van der Waals surface area (Å²) >= 11 is 0. The number of benzene rings is 2. The minimum absolute atomic E-state index is 0. The number of ether oxygens (including phenoxy) is 1. The molecule has 1 heterocycles. The Morgan fingerprint density at radius 1 is 1.18 bits per heavy atom. The van der Waals surface area contributed by atoms with Crippen LogP contribution in [0.25, 0.3) is 0 Å². The van der Waals surface area contributed by atoms with Gasteiger partial charge in [-0.3, -0.25) is 4.90 Å². The van der Waals surface area contributed by atoms with E-state index in [1.165, 1.54) is 6.07 Å². The van der Waals surface area contributed by atoms with Gasteiger partial charge in [-0.1, -0.05) is 30.3 Å². The van der Waals surface area contributed by atoms with Gasteiger partial charge in [-0.05, 0) is 62.7 Å². The SMILES string of the molecule is CN[C@@H](C=O)C(c1ccccc1)N1CCC(c2cc(F)ccc2OC)CC1.Cl. The fourth-order valence-corrected chi connectivity index (χ4v) is 4.11. The summed E-state index contributed by atoms with van der Waals surface area (Å²) in [6, 6.07) is 14.6. The Balaban J connectivity index is 0.00000280. The van der Waals surface area contributed by atoms with E-state index in [0.29, 0.717) is 0 Å². The van der Waals surface area contributed by atoms with E-state index in [1.807, 2.05) is 25.2 Å². The number of aldehydes is 1. The molecular formula is C22H28ClFN2O2. The number of carbonyl (C=O) groups excluding carboxylic acids is 1. The smallest absolute Gasteiger partial charge is 0.138 e. The van der Waals surface area contributed by atoms with E-state index >= 15 is 0 Å². The molecule has 1 N–H and O–H groups in total. The molecule has 1 unspecified atom stereocenters. The predicted molar refractivity (Wildman–Crippen MR) is 112 cm³/mol. The number of piperidine rings is 1. The minimum Gasteiger partial charge on any atom is -0.496 e. The summed E-state index contributed by atoms with van der Waals surface area (Å²) in [5, 5.41) is 3.14. The molecule has 4 nitrogen and oxygen atoms in total. The number of nitrogens with one attached hydrogen (secondary N) is 1. The van der Waals surface area contributed by atoms with Crippen LogP contribution in [0.4, 0.5) is 4.39 Å². The van der Waals surface area contributed by atoms with Gasteiger partial charge in [0.15, 0.2) is 0 Å². The van der Waals surface area contributed by atoms with Gasteiger partial charge in [0.1, 0.15) is 17.9 Å². The monoisotopic (exact) mass is 406 g/mol. The second-order valence-corrected chi connectivity index (χ2v) is 7.00. The van der Waals surface area contributed by atoms with Gasteiger partial charge in [0.05, 0.1) is 19.2 Å². The third kappa shape index (κ3) is 4.90. The molecule has 1 fully saturated rings. The number of rotatable bonds is 7. The first-order valence-corrected chi connectivity index (χ1v) is 9.43. The number of carbonyl (C=O) groups is 1. The number of methoxy groups -OCH3 is 1. The summed E-state index contributed by atoms with van der Waals surface area (Å²) < 4.78 is 19.2. The lowest BCUT2D eigenvalue weighted by Gasteiger charge is -2.40. The van der Waals surface area contributed by atoms with Crippen LogP contribution in [0.3, 0.4) is 0 Å². The highest BCUT2D eigenvalue weighted by Crippen LogP contribution is 2.37. The third-order valence-electron chi connectivity index (χ3n) is 5.52. The van der Waals surface area contributed by atoms with Crippen molar-refractivity contribution in [1.82, 2.24) is 10.2 Å². The van der Waals surface area contributed by atoms with Crippen LogP contribution in [0, 0.1) is 5.82 Å². The van der Waals surface area contributed by atoms with Crippen LogP contribution in [0.1, 0.15) is 35.9 Å². The number of halogens is 2. The highest BCUT2D eigenvalue weighted by Gasteiger charge is 2.32. The Bertz CT molecular complexity index is 751. The molecule has 28 heavy (non-hydrogen) atoms. The zero-order valence-electron chi connectivity index (χ0n) is 16.3. The standard InChI is InChI=1S/C22H27FN2O2.ClH/c1-24-20(15-26)22(17-6-4-3-5-7-17)25-12-10-16(11-13-25)19-14-18(23)8-9-21(19)27-2;/h3-9,14-16,20,22,24H,10-13H2,1-2H3;1H/t20-,22?;/m0./s1. The van der Waals surface area contributed by atoms with Crippen LogP contribution >= 0.6 is 12.4 Å². The molecule has 2 aromatic carbocycles. The van der Waals surface area contributed by atoms with Crippen molar-refractivity contribution in [2.75, 3.05) is 27.2 Å². The molecule has 1 saturated heterocycles. The summed E-state index contributed by atoms with van der Waals surface area (Å²) in [5.41, 5.74) is 2.07. The van der Waals surface area contributed by atoms with Crippen LogP contribution in [0.2, 0.25) is 0 Å². The molecular weight excluding hydrogens is 379 g/mol. The molecule has 0 radical (unpaired) electrons. The molecule has 0 aliphatic carbocycles. The zero-order chi connectivity index (χ0) is 19.2. The van der Waals surface area contributed by atoms with Crippen molar-refractivity contribution >= 4 is 18.7 Å². The molecule has 0 bridgehead atoms. The highest BCUT2D eigenvalue weighted by molar-refractivity contribution is 5.85. The Labute approximate surface area is 172 Å². The molecule has 0 saturated carbocycles. The van der Waals surface area contributed by atoms with Crippen molar-refractivity contribution in [2.24, 2.45) is 0 Å². The Morgan fingerprint density at radius 3 is 2.43 bits per heavy atom. The quantitative estimate of drug-likeness (QED) is 0.706. The maximum atomic E-state index is 13.7. The van der Waals surface area contributed by atoms with Crippen LogP contribution in [-0.4, -0.2) is 44.5 Å². The van der Waals surface area contributed by atoms with E-state index < -0.39 is 0 Å². The van der Waals surface area contributed by atoms with Crippen molar-refractivity contribution in [1.29, 1.82) is 0 Å². The largest absolute Gasteiger partial charge is 0.496 e. The van der Waals surface area contributed by atoms with E-state index in [0.717, 1.165) is 49.1 Å². The van der Waals surface area contributed by atoms with Gasteiger partial charge in [-0.15, -0.1) is 12.4 Å². The summed E-state index contributed by atoms with van der Waals surface area (Å²) in [6.45, 7) is 1.69. The van der Waals surface area contributed by atoms with Gasteiger partial charge in [0.25, 0.3) is 0 Å². The van der Waals surface area contributed by atoms with E-state index in [9.17, 15) is 9.18 Å². The molecule has 2 aromatic rings. The normalized spacial score (nSPS) is 17.4. The average molecular weight is 407 g/mol. The molecule has 3 rings (SSSR count). The van der Waals surface area contributed by atoms with E-state index in [4.69, 9.17) is 4.74 Å². The maximum absolute atomic E-state index is 13.7. The molecule has 0 spiro atoms. The van der Waals surface area contributed by atoms with E-state index in [1.54, 1.807) is 19.2 Å². The lowest BCUT2D eigenvalue weighted by Crippen LogP contribution is -2.46. The molecule has 6 heteroatoms. The molecule has 2 atom stereocenters. The molecule has 0 aromatic heterocycles. The third-order valence-corrected chi connectivity index (χ3v) is 5.52. The number of likely N-dealkylation sites (N-methyl/N-ethyl adjacent to an activating group) is 1. The van der Waals surface area contributed by atoms with Crippen LogP contribution < -0.4 is 10.1 Å². The van der Waals surface area contributed by atoms with Gasteiger partial charge in [0.2, 0.25) is 0 Å². The van der Waals surface area contributed by atoms with Gasteiger partial charge in [-0.2, -0.15) is 0 Å². The summed E-state index contributed by atoms with van der Waals surface area (Å²) in [6.07, 6.45) is 2.79. The van der Waals surface area contributed by atoms with Crippen molar-refractivity contribution in [3.8, 4) is 5.75 Å². The highest BCUT2D eigenvalue weighted by atomic mass is 35.5. The van der Waals surface area contributed by atoms with Crippen molar-refractivity contribution < 1.29 is 13.9 Å². The second kappa shape index (κ2) is 10.6. The topological polar surface area (TPSA) is 41.6 Å². The fourth-order valence-electron chi connectivity index (χ4n) is 4.11. The first-order valence-electron chi connectivity index (χ1n) is 9.43. The minimum atomic E-state index is -0.271. The van der Waals surface area contributed by atoms with E-state index in [-0.39, 0.29) is 36.2 Å². The van der Waals surface area contributed by atoms with E-state index in [2.05, 4.69) is 22.3 Å². The Kier molecular flexibility index (Phi) is 8.42. The number of hydrogen-bond acceptors (Lipinski definition) is 4. The number of nitrogens with zero attached hydrogens (tertiary/aromatic N) is 1. The Morgan fingerprint density at radius 2 is 1.86 bits per heavy atom. The first kappa shape index (κ1) is 22.3. The summed E-state index contributed by atoms with van der Waals surface area (Å²) in [4.78, 5) is 14.0. The predicted octanol–water partition coefficient (Wildman–Crippen LogP) is 3.96. The maximum Gasteiger partial charge on any atom is 0.138 e. The Hall–Kier alpha value is -1.95. The van der Waals surface area contributed by atoms with Crippen LogP contribution in [-0.2, 0) is 4.79 Å². The lowest BCUT2D eigenvalue weighted by molar-refractivity contribution is -0.111. The molecule has 152 valence electrons. The van der Waals surface area contributed by atoms with Crippen LogP contribution in [0.15, 0.2) is 48.5 Å². The van der Waals surface area contributed by atoms with Gasteiger partial charge >= 0.3 is 0 Å². The van der Waals surface area contributed by atoms with Gasteiger partial charge < -0.3 is 14.8 Å². The number of hydrogen-bond donors (Lipinski definition) is 1. The fraction of sp³-hybridized carbons (Fsp3) is 0.409. The number of likely N-dealkylation sites (tertiary alicyclic amines) is 1. The average Bonchev–Trinajstić information content (AvgIpc) is 2.72. The molecule has 1 aliphatic rings. The lowest BCUT2D eigenvalue weighted by atomic mass is 9.86. The van der Waals surface area contributed by atoms with Crippen molar-refractivity contribution in [3.05, 3.63) is 65.5 Å². The molecule has 1 aliphatic heterocycles. The summed E-state index contributed by atoms with van der Waals surface area (Å²) in [5.74, 6) is 0.773. The van der Waals surface area contributed by atoms with Gasteiger partial charge in [-0.25, -0.2) is 4.39 Å². The van der Waals surface area contributed by atoms with Crippen LogP contribution in [0.5, 0.6) is 5.75 Å². The van der Waals surface area contributed by atoms with Crippen molar-refractivity contribution in [3.63, 3.8) is 0 Å². The summed E-state index contributed by atoms with van der Waals surface area (Å²) in [7, 11) is 3.44. The molecule has 0 amide bonds. The first-order chi connectivity index (χ1) is 13.2. The van der Waals surface area contributed by atoms with Gasteiger partial charge in [0, 0.05) is 5.56 Å².